The zero-order valence-corrected chi connectivity index (χ0v) is 25.0. The van der Waals surface area contributed by atoms with Gasteiger partial charge in [-0.2, -0.15) is 0 Å². The lowest BCUT2D eigenvalue weighted by atomic mass is 9.33. The van der Waals surface area contributed by atoms with Crippen molar-refractivity contribution in [2.75, 3.05) is 9.80 Å². The Bertz CT molecular complexity index is 2440. The van der Waals surface area contributed by atoms with E-state index in [0.29, 0.717) is 0 Å². The van der Waals surface area contributed by atoms with Gasteiger partial charge >= 0.3 is 0 Å². The van der Waals surface area contributed by atoms with Gasteiger partial charge in [0.1, 0.15) is 11.2 Å². The molecule has 0 amide bonds. The molecule has 4 heteroatoms. The largest absolute Gasteiger partial charge is 0.455 e. The van der Waals surface area contributed by atoms with Gasteiger partial charge in [0.2, 0.25) is 0 Å². The monoisotopic (exact) mass is 586 g/mol. The molecule has 8 aromatic rings. The summed E-state index contributed by atoms with van der Waals surface area (Å²) in [6, 6.07) is 58.9. The minimum Gasteiger partial charge on any atom is -0.455 e. The Balaban J connectivity index is 1.27. The lowest BCUT2D eigenvalue weighted by molar-refractivity contribution is 0.670. The van der Waals surface area contributed by atoms with Gasteiger partial charge < -0.3 is 14.2 Å². The predicted molar refractivity (Wildman–Crippen MR) is 193 cm³/mol. The summed E-state index contributed by atoms with van der Waals surface area (Å²) >= 11 is 0. The van der Waals surface area contributed by atoms with Crippen LogP contribution in [0, 0.1) is 0 Å². The van der Waals surface area contributed by atoms with Crippen molar-refractivity contribution in [3.8, 4) is 11.1 Å². The molecule has 7 aromatic carbocycles. The van der Waals surface area contributed by atoms with Gasteiger partial charge in [-0.1, -0.05) is 109 Å². The van der Waals surface area contributed by atoms with Gasteiger partial charge in [0, 0.05) is 50.5 Å². The number of fused-ring (bicyclic) bond motifs is 7. The number of nitrogens with zero attached hydrogens (tertiary/aromatic N) is 2. The van der Waals surface area contributed by atoms with E-state index >= 15 is 0 Å². The zero-order chi connectivity index (χ0) is 30.2. The van der Waals surface area contributed by atoms with Crippen LogP contribution in [0.1, 0.15) is 0 Å². The van der Waals surface area contributed by atoms with Crippen molar-refractivity contribution in [3.05, 3.63) is 164 Å². The molecule has 0 fully saturated rings. The Morgan fingerprint density at radius 1 is 0.435 bits per heavy atom. The number of rotatable bonds is 3. The molecule has 2 aliphatic heterocycles. The Labute approximate surface area is 267 Å². The number of anilines is 6. The molecular formula is C42H27BN2O. The van der Waals surface area contributed by atoms with Crippen LogP contribution in [0.2, 0.25) is 0 Å². The molecule has 0 aliphatic carbocycles. The second-order valence-corrected chi connectivity index (χ2v) is 12.1. The van der Waals surface area contributed by atoms with Crippen LogP contribution in [0.5, 0.6) is 0 Å². The van der Waals surface area contributed by atoms with Gasteiger partial charge in [-0.3, -0.25) is 0 Å². The number of furan rings is 1. The maximum atomic E-state index is 6.51. The summed E-state index contributed by atoms with van der Waals surface area (Å²) in [6.07, 6.45) is 0. The van der Waals surface area contributed by atoms with Crippen molar-refractivity contribution < 1.29 is 4.42 Å². The predicted octanol–water partition coefficient (Wildman–Crippen LogP) is 9.34. The van der Waals surface area contributed by atoms with E-state index < -0.39 is 0 Å². The highest BCUT2D eigenvalue weighted by Crippen LogP contribution is 2.44. The van der Waals surface area contributed by atoms with E-state index in [4.69, 9.17) is 4.42 Å². The third-order valence-electron chi connectivity index (χ3n) is 9.64. The molecule has 0 unspecified atom stereocenters. The lowest BCUT2D eigenvalue weighted by Crippen LogP contribution is -2.61. The molecule has 10 rings (SSSR count). The molecule has 0 saturated heterocycles. The summed E-state index contributed by atoms with van der Waals surface area (Å²) in [5, 5.41) is 2.29. The second kappa shape index (κ2) is 9.75. The molecule has 3 nitrogen and oxygen atoms in total. The van der Waals surface area contributed by atoms with E-state index in [2.05, 4.69) is 168 Å². The summed E-state index contributed by atoms with van der Waals surface area (Å²) in [6.45, 7) is 0.0622. The van der Waals surface area contributed by atoms with Crippen molar-refractivity contribution in [3.63, 3.8) is 0 Å². The van der Waals surface area contributed by atoms with E-state index in [0.717, 1.165) is 44.4 Å². The second-order valence-electron chi connectivity index (χ2n) is 12.1. The van der Waals surface area contributed by atoms with Gasteiger partial charge in [0.05, 0.1) is 0 Å². The van der Waals surface area contributed by atoms with E-state index in [1.807, 2.05) is 6.07 Å². The van der Waals surface area contributed by atoms with Crippen molar-refractivity contribution in [2.24, 2.45) is 0 Å². The Morgan fingerprint density at radius 3 is 1.78 bits per heavy atom. The molecule has 0 N–H and O–H groups in total. The highest BCUT2D eigenvalue weighted by atomic mass is 16.3. The average Bonchev–Trinajstić information content (AvgIpc) is 3.51. The third kappa shape index (κ3) is 3.55. The number of hydrogen-bond donors (Lipinski definition) is 0. The SMILES string of the molecule is c1ccc(N2c3ccccc3B3c4cc(-c5cccc6c5oc5ccccc56)ccc4N(c4ccccc4)c4cccc2c43)cc1. The van der Waals surface area contributed by atoms with Crippen LogP contribution in [-0.4, -0.2) is 6.71 Å². The fourth-order valence-corrected chi connectivity index (χ4v) is 7.74. The van der Waals surface area contributed by atoms with Crippen molar-refractivity contribution >= 4 is 79.2 Å². The normalized spacial score (nSPS) is 13.1. The maximum absolute atomic E-state index is 6.51. The molecule has 0 atom stereocenters. The standard InChI is InChI=1S/C42H27BN2O/c1-3-13-29(14-4-1)44-36-21-9-8-20-34(36)43-35-27-28(31-18-11-19-33-32-17-7-10-24-40(32)46-42(31)33)25-26-37(35)45(30-15-5-2-6-16-30)39-23-12-22-38(44)41(39)43/h1-27H. The lowest BCUT2D eigenvalue weighted by Gasteiger charge is -2.44. The molecule has 46 heavy (non-hydrogen) atoms. The quantitative estimate of drug-likeness (QED) is 0.192. The van der Waals surface area contributed by atoms with Crippen LogP contribution in [0.4, 0.5) is 34.1 Å². The Kier molecular flexibility index (Phi) is 5.37. The van der Waals surface area contributed by atoms with Crippen LogP contribution in [0.25, 0.3) is 33.1 Å². The van der Waals surface area contributed by atoms with Crippen LogP contribution in [0.15, 0.2) is 168 Å². The average molecular weight is 587 g/mol. The molecule has 1 aromatic heterocycles. The highest BCUT2D eigenvalue weighted by molar-refractivity contribution is 7.00. The first-order valence-corrected chi connectivity index (χ1v) is 15.8. The topological polar surface area (TPSA) is 19.6 Å². The summed E-state index contributed by atoms with van der Waals surface area (Å²) in [5.74, 6) is 0. The molecule has 0 spiro atoms. The van der Waals surface area contributed by atoms with Gasteiger partial charge in [0.15, 0.2) is 0 Å². The Morgan fingerprint density at radius 2 is 1.02 bits per heavy atom. The molecule has 214 valence electrons. The fourth-order valence-electron chi connectivity index (χ4n) is 7.74. The van der Waals surface area contributed by atoms with Crippen LogP contribution < -0.4 is 26.2 Å². The van der Waals surface area contributed by atoms with Gasteiger partial charge in [-0.15, -0.1) is 0 Å². The number of benzene rings is 7. The van der Waals surface area contributed by atoms with E-state index in [-0.39, 0.29) is 6.71 Å². The zero-order valence-electron chi connectivity index (χ0n) is 25.0. The summed E-state index contributed by atoms with van der Waals surface area (Å²) < 4.78 is 6.51. The smallest absolute Gasteiger partial charge is 0.252 e. The maximum Gasteiger partial charge on any atom is 0.252 e. The minimum atomic E-state index is 0.0622. The van der Waals surface area contributed by atoms with Gasteiger partial charge in [0.25, 0.3) is 6.71 Å². The minimum absolute atomic E-state index is 0.0622. The van der Waals surface area contributed by atoms with Gasteiger partial charge in [-0.05, 0) is 76.5 Å². The van der Waals surface area contributed by atoms with E-state index in [1.54, 1.807) is 0 Å². The summed E-state index contributed by atoms with van der Waals surface area (Å²) in [7, 11) is 0. The molecule has 0 bridgehead atoms. The van der Waals surface area contributed by atoms with E-state index in [9.17, 15) is 0 Å². The summed E-state index contributed by atoms with van der Waals surface area (Å²) in [4.78, 5) is 4.87. The van der Waals surface area contributed by atoms with E-state index in [1.165, 1.54) is 39.1 Å². The number of para-hydroxylation sites is 5. The van der Waals surface area contributed by atoms with Crippen LogP contribution in [0.3, 0.4) is 0 Å². The van der Waals surface area contributed by atoms with Crippen molar-refractivity contribution in [1.82, 2.24) is 0 Å². The van der Waals surface area contributed by atoms with Crippen LogP contribution >= 0.6 is 0 Å². The van der Waals surface area contributed by atoms with Crippen LogP contribution in [-0.2, 0) is 0 Å². The molecule has 2 aliphatic rings. The fraction of sp³-hybridized carbons (Fsp3) is 0. The number of hydrogen-bond acceptors (Lipinski definition) is 3. The first kappa shape index (κ1) is 25.3. The third-order valence-corrected chi connectivity index (χ3v) is 9.64. The first-order chi connectivity index (χ1) is 22.8. The molecule has 0 radical (unpaired) electrons. The molecule has 0 saturated carbocycles. The van der Waals surface area contributed by atoms with Crippen molar-refractivity contribution in [2.45, 2.75) is 0 Å². The Hall–Kier alpha value is -6.00. The summed E-state index contributed by atoms with van der Waals surface area (Å²) in [5.41, 5.74) is 15.2. The van der Waals surface area contributed by atoms with Gasteiger partial charge in [-0.25, -0.2) is 0 Å². The highest BCUT2D eigenvalue weighted by Gasteiger charge is 2.43. The molecule has 3 heterocycles. The molecular weight excluding hydrogens is 559 g/mol. The first-order valence-electron chi connectivity index (χ1n) is 15.8. The van der Waals surface area contributed by atoms with Crippen molar-refractivity contribution in [1.29, 1.82) is 0 Å².